The number of aromatic nitrogens is 5. The van der Waals surface area contributed by atoms with Crippen LogP contribution in [-0.2, 0) is 37.8 Å². The minimum Gasteiger partial charge on any atom is -0.461 e. The van der Waals surface area contributed by atoms with Crippen LogP contribution in [0.3, 0.4) is 0 Å². The normalized spacial score (nSPS) is 14.0. The van der Waals surface area contributed by atoms with Crippen LogP contribution >= 0.6 is 0 Å². The number of carbonyl (C=O) groups is 1. The van der Waals surface area contributed by atoms with Gasteiger partial charge in [0, 0.05) is 68.5 Å². The first-order chi connectivity index (χ1) is 14.0. The van der Waals surface area contributed by atoms with Gasteiger partial charge in [0.1, 0.15) is 0 Å². The lowest BCUT2D eigenvalue weighted by Crippen LogP contribution is -2.31. The highest BCUT2D eigenvalue weighted by Crippen LogP contribution is 2.26. The Hall–Kier alpha value is -3.00. The summed E-state index contributed by atoms with van der Waals surface area (Å²) >= 11 is 0. The van der Waals surface area contributed by atoms with Gasteiger partial charge in [-0.15, -0.1) is 0 Å². The molecule has 8 heteroatoms. The van der Waals surface area contributed by atoms with Gasteiger partial charge in [-0.3, -0.25) is 19.2 Å². The van der Waals surface area contributed by atoms with E-state index in [1.165, 1.54) is 5.56 Å². The third-order valence-corrected chi connectivity index (χ3v) is 5.27. The van der Waals surface area contributed by atoms with Gasteiger partial charge in [0.15, 0.2) is 5.69 Å². The van der Waals surface area contributed by atoms with E-state index in [1.807, 2.05) is 42.4 Å². The van der Waals surface area contributed by atoms with Crippen LogP contribution in [0.1, 0.15) is 45.5 Å². The number of rotatable bonds is 6. The Bertz CT molecular complexity index is 1010. The fraction of sp³-hybridized carbons (Fsp3) is 0.429. The lowest BCUT2D eigenvalue weighted by Gasteiger charge is -2.27. The van der Waals surface area contributed by atoms with Crippen LogP contribution in [0.15, 0.2) is 30.7 Å². The second kappa shape index (κ2) is 8.16. The van der Waals surface area contributed by atoms with E-state index in [0.29, 0.717) is 25.4 Å². The molecular formula is C21H26N6O2. The fourth-order valence-electron chi connectivity index (χ4n) is 3.88. The maximum absolute atomic E-state index is 12.6. The molecule has 0 unspecified atom stereocenters. The van der Waals surface area contributed by atoms with Crippen LogP contribution in [0.25, 0.3) is 0 Å². The molecule has 1 aliphatic heterocycles. The third-order valence-electron chi connectivity index (χ3n) is 5.27. The second-order valence-electron chi connectivity index (χ2n) is 7.38. The van der Waals surface area contributed by atoms with Crippen LogP contribution in [0.4, 0.5) is 0 Å². The molecule has 0 aromatic carbocycles. The van der Waals surface area contributed by atoms with Crippen molar-refractivity contribution >= 4 is 5.97 Å². The molecule has 4 heterocycles. The molecule has 0 saturated carbocycles. The Labute approximate surface area is 170 Å². The number of carbonyl (C=O) groups excluding carboxylic acids is 1. The van der Waals surface area contributed by atoms with Crippen molar-refractivity contribution in [1.82, 2.24) is 29.4 Å². The van der Waals surface area contributed by atoms with E-state index in [2.05, 4.69) is 26.3 Å². The summed E-state index contributed by atoms with van der Waals surface area (Å²) in [7, 11) is 1.94. The predicted octanol–water partition coefficient (Wildman–Crippen LogP) is 2.10. The van der Waals surface area contributed by atoms with Crippen LogP contribution in [0.2, 0.25) is 0 Å². The molecule has 0 saturated heterocycles. The van der Waals surface area contributed by atoms with Crippen LogP contribution in [0.5, 0.6) is 0 Å². The zero-order valence-corrected chi connectivity index (χ0v) is 17.1. The molecule has 29 heavy (non-hydrogen) atoms. The zero-order valence-electron chi connectivity index (χ0n) is 17.1. The molecule has 8 nitrogen and oxygen atoms in total. The van der Waals surface area contributed by atoms with E-state index >= 15 is 0 Å². The Morgan fingerprint density at radius 2 is 2.00 bits per heavy atom. The van der Waals surface area contributed by atoms with Crippen molar-refractivity contribution in [3.63, 3.8) is 0 Å². The largest absolute Gasteiger partial charge is 0.461 e. The van der Waals surface area contributed by atoms with Crippen molar-refractivity contribution in [2.24, 2.45) is 7.05 Å². The number of hydrogen-bond donors (Lipinski definition) is 0. The maximum atomic E-state index is 12.6. The molecule has 0 aliphatic carbocycles. The molecular weight excluding hydrogens is 368 g/mol. The van der Waals surface area contributed by atoms with Gasteiger partial charge in [0.2, 0.25) is 0 Å². The molecule has 4 rings (SSSR count). The highest BCUT2D eigenvalue weighted by atomic mass is 16.5. The first-order valence-electron chi connectivity index (χ1n) is 9.91. The Morgan fingerprint density at radius 3 is 2.69 bits per heavy atom. The van der Waals surface area contributed by atoms with E-state index in [4.69, 9.17) is 4.74 Å². The molecule has 0 atom stereocenters. The van der Waals surface area contributed by atoms with Gasteiger partial charge < -0.3 is 4.74 Å². The van der Waals surface area contributed by atoms with Crippen LogP contribution in [0, 0.1) is 6.92 Å². The standard InChI is InChI=1S/C21H26N6O2/c1-4-29-21(28)20-18-14-26(13-17-12-25(3)23-15(17)2)10-7-19(18)27(24-20)11-16-5-8-22-9-6-16/h5-6,8-9,12H,4,7,10-11,13-14H2,1-3H3. The monoisotopic (exact) mass is 394 g/mol. The maximum Gasteiger partial charge on any atom is 0.359 e. The average Bonchev–Trinajstić information content (AvgIpc) is 3.22. The lowest BCUT2D eigenvalue weighted by molar-refractivity contribution is 0.0515. The number of hydrogen-bond acceptors (Lipinski definition) is 6. The van der Waals surface area contributed by atoms with Gasteiger partial charge in [0.05, 0.1) is 18.8 Å². The van der Waals surface area contributed by atoms with Gasteiger partial charge >= 0.3 is 5.97 Å². The van der Waals surface area contributed by atoms with E-state index in [-0.39, 0.29) is 5.97 Å². The Balaban J connectivity index is 1.62. The van der Waals surface area contributed by atoms with Crippen molar-refractivity contribution in [2.45, 2.75) is 39.9 Å². The molecule has 0 bridgehead atoms. The van der Waals surface area contributed by atoms with Crippen LogP contribution in [-0.4, -0.2) is 48.6 Å². The molecule has 0 fully saturated rings. The van der Waals surface area contributed by atoms with Gasteiger partial charge in [-0.2, -0.15) is 10.2 Å². The van der Waals surface area contributed by atoms with E-state index in [9.17, 15) is 4.79 Å². The quantitative estimate of drug-likeness (QED) is 0.596. The fourth-order valence-corrected chi connectivity index (χ4v) is 3.88. The van der Waals surface area contributed by atoms with Crippen LogP contribution < -0.4 is 0 Å². The highest BCUT2D eigenvalue weighted by Gasteiger charge is 2.29. The number of nitrogens with zero attached hydrogens (tertiary/aromatic N) is 6. The predicted molar refractivity (Wildman–Crippen MR) is 107 cm³/mol. The van der Waals surface area contributed by atoms with Gasteiger partial charge in [-0.25, -0.2) is 4.79 Å². The van der Waals surface area contributed by atoms with Crippen molar-refractivity contribution in [1.29, 1.82) is 0 Å². The summed E-state index contributed by atoms with van der Waals surface area (Å²) in [4.78, 5) is 19.0. The molecule has 0 N–H and O–H groups in total. The minimum absolute atomic E-state index is 0.337. The number of ether oxygens (including phenoxy) is 1. The van der Waals surface area contributed by atoms with Crippen molar-refractivity contribution in [2.75, 3.05) is 13.2 Å². The molecule has 0 spiro atoms. The van der Waals surface area contributed by atoms with Crippen molar-refractivity contribution < 1.29 is 9.53 Å². The number of fused-ring (bicyclic) bond motifs is 1. The summed E-state index contributed by atoms with van der Waals surface area (Å²) in [5, 5.41) is 9.08. The average molecular weight is 394 g/mol. The Kier molecular flexibility index (Phi) is 5.44. The van der Waals surface area contributed by atoms with E-state index in [0.717, 1.165) is 42.0 Å². The van der Waals surface area contributed by atoms with E-state index in [1.54, 1.807) is 12.4 Å². The van der Waals surface area contributed by atoms with Gasteiger partial charge in [-0.1, -0.05) is 0 Å². The summed E-state index contributed by atoms with van der Waals surface area (Å²) in [6, 6.07) is 3.94. The van der Waals surface area contributed by atoms with Crippen molar-refractivity contribution in [3.8, 4) is 0 Å². The molecule has 1 aliphatic rings. The molecule has 0 amide bonds. The summed E-state index contributed by atoms with van der Waals surface area (Å²) in [6.45, 7) is 7.18. The minimum atomic E-state index is -0.350. The first-order valence-corrected chi connectivity index (χ1v) is 9.91. The lowest BCUT2D eigenvalue weighted by atomic mass is 10.0. The second-order valence-corrected chi connectivity index (χ2v) is 7.38. The van der Waals surface area contributed by atoms with Crippen molar-refractivity contribution in [3.05, 3.63) is 64.5 Å². The summed E-state index contributed by atoms with van der Waals surface area (Å²) < 4.78 is 9.07. The Morgan fingerprint density at radius 1 is 1.21 bits per heavy atom. The summed E-state index contributed by atoms with van der Waals surface area (Å²) in [5.74, 6) is -0.350. The molecule has 3 aromatic rings. The number of pyridine rings is 1. The number of aryl methyl sites for hydroxylation is 2. The van der Waals surface area contributed by atoms with Gasteiger partial charge in [-0.05, 0) is 31.5 Å². The first kappa shape index (κ1) is 19.3. The third kappa shape index (κ3) is 4.07. The summed E-state index contributed by atoms with van der Waals surface area (Å²) in [5.41, 5.74) is 5.88. The number of esters is 1. The molecule has 152 valence electrons. The highest BCUT2D eigenvalue weighted by molar-refractivity contribution is 5.89. The topological polar surface area (TPSA) is 78.1 Å². The SMILES string of the molecule is CCOC(=O)c1nn(Cc2ccncc2)c2c1CN(Cc1cn(C)nc1C)CC2. The smallest absolute Gasteiger partial charge is 0.359 e. The molecule has 0 radical (unpaired) electrons. The van der Waals surface area contributed by atoms with Gasteiger partial charge in [0.25, 0.3) is 0 Å². The zero-order chi connectivity index (χ0) is 20.4. The van der Waals surface area contributed by atoms with E-state index < -0.39 is 0 Å². The summed E-state index contributed by atoms with van der Waals surface area (Å²) in [6.07, 6.45) is 6.45. The molecule has 3 aromatic heterocycles.